The van der Waals surface area contributed by atoms with Crippen LogP contribution in [0.15, 0.2) is 48.5 Å². The van der Waals surface area contributed by atoms with Gasteiger partial charge in [-0.1, -0.05) is 42.5 Å². The fourth-order valence-electron chi connectivity index (χ4n) is 4.62. The monoisotopic (exact) mass is 393 g/mol. The molecule has 1 aliphatic carbocycles. The van der Waals surface area contributed by atoms with Gasteiger partial charge >= 0.3 is 0 Å². The summed E-state index contributed by atoms with van der Waals surface area (Å²) < 4.78 is 11.7. The predicted octanol–water partition coefficient (Wildman–Crippen LogP) is 4.20. The highest BCUT2D eigenvalue weighted by Gasteiger charge is 2.35. The van der Waals surface area contributed by atoms with E-state index in [1.165, 1.54) is 29.5 Å². The van der Waals surface area contributed by atoms with E-state index in [-0.39, 0.29) is 11.3 Å². The molecule has 0 spiro atoms. The third kappa shape index (κ3) is 4.48. The number of ether oxygens (including phenoxy) is 2. The average Bonchev–Trinajstić information content (AvgIpc) is 2.79. The van der Waals surface area contributed by atoms with Crippen LogP contribution in [0.5, 0.6) is 5.75 Å². The number of fused-ring (bicyclic) bond motifs is 1. The Bertz CT molecular complexity index is 827. The van der Waals surface area contributed by atoms with Crippen LogP contribution in [0.3, 0.4) is 0 Å². The summed E-state index contributed by atoms with van der Waals surface area (Å²) in [5.41, 5.74) is 3.85. The first-order valence-electron chi connectivity index (χ1n) is 10.9. The molecule has 1 fully saturated rings. The lowest BCUT2D eigenvalue weighted by molar-refractivity contribution is -0.127. The minimum atomic E-state index is -0.518. The van der Waals surface area contributed by atoms with Crippen LogP contribution in [0.2, 0.25) is 0 Å². The molecule has 1 amide bonds. The van der Waals surface area contributed by atoms with Crippen molar-refractivity contribution in [2.45, 2.75) is 57.0 Å². The first kappa shape index (κ1) is 20.0. The van der Waals surface area contributed by atoms with Crippen molar-refractivity contribution >= 4 is 5.91 Å². The Morgan fingerprint density at radius 3 is 2.62 bits per heavy atom. The van der Waals surface area contributed by atoms with E-state index < -0.39 is 6.10 Å². The lowest BCUT2D eigenvalue weighted by atomic mass is 9.74. The molecule has 0 saturated carbocycles. The van der Waals surface area contributed by atoms with E-state index in [2.05, 4.69) is 35.6 Å². The molecule has 0 bridgehead atoms. The third-order valence-corrected chi connectivity index (χ3v) is 6.46. The molecular formula is C25H31NO3. The minimum Gasteiger partial charge on any atom is -0.481 e. The first-order valence-corrected chi connectivity index (χ1v) is 10.9. The number of carbonyl (C=O) groups excluding carboxylic acids is 1. The van der Waals surface area contributed by atoms with Gasteiger partial charge in [-0.2, -0.15) is 0 Å². The molecule has 0 radical (unpaired) electrons. The van der Waals surface area contributed by atoms with Gasteiger partial charge in [0.15, 0.2) is 6.10 Å². The molecule has 2 aromatic rings. The molecular weight excluding hydrogens is 362 g/mol. The molecule has 1 heterocycles. The van der Waals surface area contributed by atoms with Gasteiger partial charge in [0, 0.05) is 25.2 Å². The number of aryl methyl sites for hydroxylation is 1. The zero-order chi connectivity index (χ0) is 20.1. The molecule has 4 nitrogen and oxygen atoms in total. The van der Waals surface area contributed by atoms with Crippen molar-refractivity contribution in [1.82, 2.24) is 5.32 Å². The van der Waals surface area contributed by atoms with E-state index in [1.807, 2.05) is 25.1 Å². The number of hydrogen-bond donors (Lipinski definition) is 1. The van der Waals surface area contributed by atoms with Gasteiger partial charge in [0.25, 0.3) is 5.91 Å². The standard InChI is InChI=1S/C25H31NO3/c1-19(29-23-13-7-9-20-8-5-6-12-22(20)23)24(27)26-18-25(14-16-28-17-15-25)21-10-3-2-4-11-21/h2-4,7,9-11,13,19H,5-6,8,12,14-18H2,1H3,(H,26,27)/t19-/m0/s1. The Hall–Kier alpha value is -2.33. The van der Waals surface area contributed by atoms with Gasteiger partial charge in [-0.3, -0.25) is 4.79 Å². The molecule has 4 heteroatoms. The van der Waals surface area contributed by atoms with Crippen molar-refractivity contribution in [3.05, 3.63) is 65.2 Å². The predicted molar refractivity (Wildman–Crippen MR) is 114 cm³/mol. The van der Waals surface area contributed by atoms with E-state index >= 15 is 0 Å². The second-order valence-electron chi connectivity index (χ2n) is 8.34. The maximum Gasteiger partial charge on any atom is 0.260 e. The summed E-state index contributed by atoms with van der Waals surface area (Å²) in [6, 6.07) is 16.7. The Morgan fingerprint density at radius 1 is 1.07 bits per heavy atom. The molecule has 1 aliphatic heterocycles. The number of carbonyl (C=O) groups is 1. The van der Waals surface area contributed by atoms with Crippen molar-refractivity contribution in [2.24, 2.45) is 0 Å². The smallest absolute Gasteiger partial charge is 0.260 e. The Labute approximate surface area is 173 Å². The summed E-state index contributed by atoms with van der Waals surface area (Å²) >= 11 is 0. The van der Waals surface area contributed by atoms with Crippen LogP contribution < -0.4 is 10.1 Å². The van der Waals surface area contributed by atoms with Crippen LogP contribution in [0, 0.1) is 0 Å². The molecule has 1 saturated heterocycles. The molecule has 2 aromatic carbocycles. The van der Waals surface area contributed by atoms with Crippen molar-refractivity contribution < 1.29 is 14.3 Å². The summed E-state index contributed by atoms with van der Waals surface area (Å²) in [7, 11) is 0. The summed E-state index contributed by atoms with van der Waals surface area (Å²) in [6.45, 7) is 3.91. The highest BCUT2D eigenvalue weighted by atomic mass is 16.5. The maximum atomic E-state index is 12.9. The molecule has 154 valence electrons. The van der Waals surface area contributed by atoms with Crippen LogP contribution in [0.25, 0.3) is 0 Å². The Balaban J connectivity index is 1.42. The van der Waals surface area contributed by atoms with E-state index in [0.717, 1.165) is 44.6 Å². The first-order chi connectivity index (χ1) is 14.2. The quantitative estimate of drug-likeness (QED) is 0.800. The lowest BCUT2D eigenvalue weighted by Gasteiger charge is -2.38. The molecule has 0 unspecified atom stereocenters. The Kier molecular flexibility index (Phi) is 6.19. The molecule has 4 rings (SSSR count). The van der Waals surface area contributed by atoms with Gasteiger partial charge in [0.05, 0.1) is 0 Å². The van der Waals surface area contributed by atoms with Crippen molar-refractivity contribution in [1.29, 1.82) is 0 Å². The van der Waals surface area contributed by atoms with Gasteiger partial charge < -0.3 is 14.8 Å². The van der Waals surface area contributed by atoms with Crippen molar-refractivity contribution in [2.75, 3.05) is 19.8 Å². The fourth-order valence-corrected chi connectivity index (χ4v) is 4.62. The number of hydrogen-bond acceptors (Lipinski definition) is 3. The summed E-state index contributed by atoms with van der Waals surface area (Å²) in [4.78, 5) is 12.9. The van der Waals surface area contributed by atoms with E-state index in [1.54, 1.807) is 0 Å². The second kappa shape index (κ2) is 9.00. The van der Waals surface area contributed by atoms with Crippen LogP contribution in [-0.2, 0) is 27.8 Å². The van der Waals surface area contributed by atoms with Gasteiger partial charge in [0.2, 0.25) is 0 Å². The summed E-state index contributed by atoms with van der Waals surface area (Å²) in [5, 5.41) is 3.17. The zero-order valence-corrected chi connectivity index (χ0v) is 17.3. The third-order valence-electron chi connectivity index (χ3n) is 6.46. The van der Waals surface area contributed by atoms with Crippen LogP contribution in [0.4, 0.5) is 0 Å². The largest absolute Gasteiger partial charge is 0.481 e. The van der Waals surface area contributed by atoms with E-state index in [0.29, 0.717) is 6.54 Å². The van der Waals surface area contributed by atoms with E-state index in [9.17, 15) is 4.79 Å². The van der Waals surface area contributed by atoms with Crippen LogP contribution in [0.1, 0.15) is 49.3 Å². The zero-order valence-electron chi connectivity index (χ0n) is 17.3. The minimum absolute atomic E-state index is 0.0554. The fraction of sp³-hybridized carbons (Fsp3) is 0.480. The number of nitrogens with one attached hydrogen (secondary N) is 1. The van der Waals surface area contributed by atoms with E-state index in [4.69, 9.17) is 9.47 Å². The van der Waals surface area contributed by atoms with Crippen molar-refractivity contribution in [3.8, 4) is 5.75 Å². The molecule has 1 N–H and O–H groups in total. The van der Waals surface area contributed by atoms with Crippen LogP contribution >= 0.6 is 0 Å². The summed E-state index contributed by atoms with van der Waals surface area (Å²) in [6.07, 6.45) is 5.88. The number of rotatable bonds is 6. The molecule has 0 aromatic heterocycles. The highest BCUT2D eigenvalue weighted by Crippen LogP contribution is 2.34. The normalized spacial score (nSPS) is 19.1. The highest BCUT2D eigenvalue weighted by molar-refractivity contribution is 5.80. The lowest BCUT2D eigenvalue weighted by Crippen LogP contribution is -2.47. The molecule has 29 heavy (non-hydrogen) atoms. The van der Waals surface area contributed by atoms with Gasteiger partial charge in [0.1, 0.15) is 5.75 Å². The van der Waals surface area contributed by atoms with Crippen LogP contribution in [-0.4, -0.2) is 31.8 Å². The Morgan fingerprint density at radius 2 is 1.83 bits per heavy atom. The van der Waals surface area contributed by atoms with Crippen molar-refractivity contribution in [3.63, 3.8) is 0 Å². The maximum absolute atomic E-state index is 12.9. The van der Waals surface area contributed by atoms with Gasteiger partial charge in [-0.05, 0) is 68.2 Å². The van der Waals surface area contributed by atoms with Gasteiger partial charge in [-0.15, -0.1) is 0 Å². The topological polar surface area (TPSA) is 47.6 Å². The average molecular weight is 394 g/mol. The summed E-state index contributed by atoms with van der Waals surface area (Å²) in [5.74, 6) is 0.814. The second-order valence-corrected chi connectivity index (χ2v) is 8.34. The number of amides is 1. The number of benzene rings is 2. The molecule has 2 aliphatic rings. The SMILES string of the molecule is C[C@H](Oc1cccc2c1CCCC2)C(=O)NCC1(c2ccccc2)CCOCC1. The van der Waals surface area contributed by atoms with Gasteiger partial charge in [-0.25, -0.2) is 0 Å². The molecule has 1 atom stereocenters.